The van der Waals surface area contributed by atoms with Crippen molar-refractivity contribution in [3.63, 3.8) is 0 Å². The van der Waals surface area contributed by atoms with Crippen molar-refractivity contribution in [2.24, 2.45) is 10.7 Å². The van der Waals surface area contributed by atoms with Gasteiger partial charge in [-0.05, 0) is 26.0 Å². The van der Waals surface area contributed by atoms with E-state index in [0.717, 1.165) is 37.5 Å². The van der Waals surface area contributed by atoms with Crippen molar-refractivity contribution in [1.82, 2.24) is 5.32 Å². The molecule has 3 N–H and O–H groups in total. The van der Waals surface area contributed by atoms with Gasteiger partial charge in [0.05, 0.1) is 5.71 Å². The number of rotatable bonds is 1. The lowest BCUT2D eigenvalue weighted by molar-refractivity contribution is -0.0979. The summed E-state index contributed by atoms with van der Waals surface area (Å²) in [4.78, 5) is 12.4. The van der Waals surface area contributed by atoms with E-state index in [4.69, 9.17) is 10.5 Å². The maximum absolute atomic E-state index is 8.00. The Bertz CT molecular complexity index is 195. The summed E-state index contributed by atoms with van der Waals surface area (Å²) in [5.41, 5.74) is 7.42. The van der Waals surface area contributed by atoms with E-state index in [2.05, 4.69) is 10.3 Å². The van der Waals surface area contributed by atoms with Crippen molar-refractivity contribution >= 4 is 12.5 Å². The molecule has 1 aliphatic heterocycles. The van der Waals surface area contributed by atoms with Crippen molar-refractivity contribution in [2.75, 3.05) is 19.6 Å². The van der Waals surface area contributed by atoms with Crippen LogP contribution in [-0.4, -0.2) is 32.1 Å². The predicted molar refractivity (Wildman–Crippen MR) is 54.9 cm³/mol. The van der Waals surface area contributed by atoms with Gasteiger partial charge < -0.3 is 15.8 Å². The monoisotopic (exact) mass is 183 g/mol. The summed E-state index contributed by atoms with van der Waals surface area (Å²) in [6.45, 7) is 6.72. The third-order valence-electron chi connectivity index (χ3n) is 1.53. The standard InChI is InChI=1S/C8H15N3.CH2O/c1-7(9)5-8-6-10-3-2-4-11-8;1-2/h5,10H,2-4,6,9H2,1H3;1H2/b7-5-;. The Balaban J connectivity index is 0.000000671. The van der Waals surface area contributed by atoms with Gasteiger partial charge in [0, 0.05) is 18.8 Å². The molecule has 4 nitrogen and oxygen atoms in total. The smallest absolute Gasteiger partial charge is 0.106 e. The fourth-order valence-corrected chi connectivity index (χ4v) is 1.06. The molecule has 0 aromatic heterocycles. The first-order valence-electron chi connectivity index (χ1n) is 4.26. The van der Waals surface area contributed by atoms with Gasteiger partial charge >= 0.3 is 0 Å². The Morgan fingerprint density at radius 3 is 3.00 bits per heavy atom. The minimum atomic E-state index is 0.826. The second-order valence-electron chi connectivity index (χ2n) is 2.79. The first kappa shape index (κ1) is 11.8. The predicted octanol–water partition coefficient (Wildman–Crippen LogP) is 0.0983. The number of nitrogens with two attached hydrogens (primary N) is 1. The molecular weight excluding hydrogens is 166 g/mol. The van der Waals surface area contributed by atoms with E-state index < -0.39 is 0 Å². The van der Waals surface area contributed by atoms with E-state index in [-0.39, 0.29) is 0 Å². The van der Waals surface area contributed by atoms with Gasteiger partial charge in [-0.15, -0.1) is 0 Å². The number of allylic oxidation sites excluding steroid dienone is 1. The van der Waals surface area contributed by atoms with Crippen LogP contribution in [0.5, 0.6) is 0 Å². The number of carbonyl (C=O) groups is 1. The van der Waals surface area contributed by atoms with Crippen LogP contribution in [-0.2, 0) is 4.79 Å². The maximum Gasteiger partial charge on any atom is 0.106 e. The summed E-state index contributed by atoms with van der Waals surface area (Å²) in [6.07, 6.45) is 3.05. The third-order valence-corrected chi connectivity index (χ3v) is 1.53. The van der Waals surface area contributed by atoms with Gasteiger partial charge in [0.2, 0.25) is 0 Å². The average Bonchev–Trinajstić information content (AvgIpc) is 2.36. The molecule has 0 bridgehead atoms. The lowest BCUT2D eigenvalue weighted by Gasteiger charge is -1.98. The SMILES string of the molecule is C/C(N)=C/C1=NCCCNC1.C=O. The van der Waals surface area contributed by atoms with Crippen molar-refractivity contribution in [3.8, 4) is 0 Å². The number of hydrogen-bond acceptors (Lipinski definition) is 4. The van der Waals surface area contributed by atoms with Gasteiger partial charge in [-0.1, -0.05) is 0 Å². The van der Waals surface area contributed by atoms with E-state index in [1.54, 1.807) is 0 Å². The van der Waals surface area contributed by atoms with E-state index >= 15 is 0 Å². The molecule has 1 aliphatic rings. The molecule has 0 aliphatic carbocycles. The zero-order valence-corrected chi connectivity index (χ0v) is 8.05. The molecule has 0 aromatic carbocycles. The average molecular weight is 183 g/mol. The summed E-state index contributed by atoms with van der Waals surface area (Å²) in [7, 11) is 0. The molecule has 0 saturated carbocycles. The van der Waals surface area contributed by atoms with Crippen molar-refractivity contribution in [2.45, 2.75) is 13.3 Å². The van der Waals surface area contributed by atoms with Crippen LogP contribution in [0.15, 0.2) is 16.8 Å². The Morgan fingerprint density at radius 2 is 2.38 bits per heavy atom. The molecule has 13 heavy (non-hydrogen) atoms. The van der Waals surface area contributed by atoms with Crippen LogP contribution in [0.3, 0.4) is 0 Å². The Kier molecular flexibility index (Phi) is 6.82. The highest BCUT2D eigenvalue weighted by atomic mass is 16.1. The minimum absolute atomic E-state index is 0.826. The van der Waals surface area contributed by atoms with Crippen molar-refractivity contribution in [3.05, 3.63) is 11.8 Å². The van der Waals surface area contributed by atoms with Crippen molar-refractivity contribution < 1.29 is 4.79 Å². The zero-order valence-electron chi connectivity index (χ0n) is 8.05. The summed E-state index contributed by atoms with van der Waals surface area (Å²) in [5.74, 6) is 0. The number of carbonyl (C=O) groups excluding carboxylic acids is 1. The fourth-order valence-electron chi connectivity index (χ4n) is 1.06. The molecular formula is C9H17N3O. The highest BCUT2D eigenvalue weighted by molar-refractivity contribution is 5.97. The quantitative estimate of drug-likeness (QED) is 0.605. The van der Waals surface area contributed by atoms with Gasteiger partial charge in [-0.25, -0.2) is 0 Å². The molecule has 0 aromatic rings. The van der Waals surface area contributed by atoms with E-state index in [9.17, 15) is 0 Å². The topological polar surface area (TPSA) is 67.5 Å². The van der Waals surface area contributed by atoms with Crippen LogP contribution in [0, 0.1) is 0 Å². The first-order chi connectivity index (χ1) is 6.29. The second-order valence-corrected chi connectivity index (χ2v) is 2.79. The Labute approximate surface area is 78.9 Å². The minimum Gasteiger partial charge on any atom is -0.402 e. The summed E-state index contributed by atoms with van der Waals surface area (Å²) >= 11 is 0. The number of nitrogens with one attached hydrogen (secondary N) is 1. The zero-order chi connectivity index (χ0) is 10.1. The van der Waals surface area contributed by atoms with Crippen LogP contribution in [0.4, 0.5) is 0 Å². The highest BCUT2D eigenvalue weighted by Crippen LogP contribution is 1.92. The lowest BCUT2D eigenvalue weighted by Crippen LogP contribution is -2.21. The summed E-state index contributed by atoms with van der Waals surface area (Å²) in [5, 5.41) is 3.27. The third kappa shape index (κ3) is 6.04. The van der Waals surface area contributed by atoms with E-state index in [1.165, 1.54) is 0 Å². The van der Waals surface area contributed by atoms with E-state index in [1.807, 2.05) is 19.8 Å². The molecule has 1 rings (SSSR count). The molecule has 0 radical (unpaired) electrons. The molecule has 0 spiro atoms. The van der Waals surface area contributed by atoms with Gasteiger partial charge in [0.1, 0.15) is 6.79 Å². The van der Waals surface area contributed by atoms with Gasteiger partial charge in [-0.2, -0.15) is 0 Å². The lowest BCUT2D eigenvalue weighted by atomic mass is 10.3. The van der Waals surface area contributed by atoms with E-state index in [0.29, 0.717) is 0 Å². The maximum atomic E-state index is 8.00. The highest BCUT2D eigenvalue weighted by Gasteiger charge is 1.99. The number of hydrogen-bond donors (Lipinski definition) is 2. The van der Waals surface area contributed by atoms with Crippen molar-refractivity contribution in [1.29, 1.82) is 0 Å². The van der Waals surface area contributed by atoms with Gasteiger partial charge in [0.15, 0.2) is 0 Å². The van der Waals surface area contributed by atoms with Crippen LogP contribution < -0.4 is 11.1 Å². The molecule has 1 heterocycles. The van der Waals surface area contributed by atoms with Crippen LogP contribution >= 0.6 is 0 Å². The largest absolute Gasteiger partial charge is 0.402 e. The molecule has 0 unspecified atom stereocenters. The number of aliphatic imine (C=N–C) groups is 1. The summed E-state index contributed by atoms with van der Waals surface area (Å²) < 4.78 is 0. The van der Waals surface area contributed by atoms with Crippen LogP contribution in [0.2, 0.25) is 0 Å². The molecule has 0 saturated heterocycles. The van der Waals surface area contributed by atoms with Crippen LogP contribution in [0.1, 0.15) is 13.3 Å². The van der Waals surface area contributed by atoms with Gasteiger partial charge in [-0.3, -0.25) is 4.99 Å². The molecule has 0 atom stereocenters. The molecule has 0 fully saturated rings. The number of nitrogens with zero attached hydrogens (tertiary/aromatic N) is 1. The normalized spacial score (nSPS) is 17.9. The Morgan fingerprint density at radius 1 is 1.69 bits per heavy atom. The molecule has 0 amide bonds. The summed E-state index contributed by atoms with van der Waals surface area (Å²) in [6, 6.07) is 0. The van der Waals surface area contributed by atoms with Gasteiger partial charge in [0.25, 0.3) is 0 Å². The Hall–Kier alpha value is -1.16. The fraction of sp³-hybridized carbons (Fsp3) is 0.556. The second kappa shape index (κ2) is 7.49. The molecule has 74 valence electrons. The first-order valence-corrected chi connectivity index (χ1v) is 4.26. The van der Waals surface area contributed by atoms with Crippen LogP contribution in [0.25, 0.3) is 0 Å². The molecule has 4 heteroatoms.